The third-order valence-corrected chi connectivity index (χ3v) is 3.03. The van der Waals surface area contributed by atoms with E-state index >= 15 is 0 Å². The van der Waals surface area contributed by atoms with E-state index in [1.807, 2.05) is 6.92 Å². The standard InChI is InChI=1S/C12H26N2O/c1-9(2)11(4)8-14-12(15)10(3)6-5-7-13/h9-11H,5-8,13H2,1-4H3,(H,14,15). The molecule has 2 unspecified atom stereocenters. The summed E-state index contributed by atoms with van der Waals surface area (Å²) in [5, 5.41) is 2.99. The van der Waals surface area contributed by atoms with Gasteiger partial charge in [0, 0.05) is 12.5 Å². The first-order valence-corrected chi connectivity index (χ1v) is 5.96. The Kier molecular flexibility index (Phi) is 7.39. The third-order valence-electron chi connectivity index (χ3n) is 3.03. The molecule has 1 amide bonds. The molecule has 90 valence electrons. The molecule has 0 saturated carbocycles. The Morgan fingerprint density at radius 3 is 2.33 bits per heavy atom. The highest BCUT2D eigenvalue weighted by atomic mass is 16.1. The Balaban J connectivity index is 3.73. The molecule has 0 radical (unpaired) electrons. The van der Waals surface area contributed by atoms with Gasteiger partial charge < -0.3 is 11.1 Å². The van der Waals surface area contributed by atoms with Gasteiger partial charge in [-0.15, -0.1) is 0 Å². The van der Waals surface area contributed by atoms with Gasteiger partial charge in [-0.25, -0.2) is 0 Å². The summed E-state index contributed by atoms with van der Waals surface area (Å²) in [6, 6.07) is 0. The molecule has 3 heteroatoms. The summed E-state index contributed by atoms with van der Waals surface area (Å²) in [5.41, 5.74) is 5.41. The second-order valence-corrected chi connectivity index (χ2v) is 4.80. The molecule has 0 spiro atoms. The van der Waals surface area contributed by atoms with E-state index in [1.165, 1.54) is 0 Å². The van der Waals surface area contributed by atoms with Gasteiger partial charge in [0.05, 0.1) is 0 Å². The molecule has 0 bridgehead atoms. The lowest BCUT2D eigenvalue weighted by atomic mass is 9.97. The molecule has 2 atom stereocenters. The van der Waals surface area contributed by atoms with Gasteiger partial charge in [0.2, 0.25) is 5.91 Å². The minimum Gasteiger partial charge on any atom is -0.356 e. The Bertz CT molecular complexity index is 180. The van der Waals surface area contributed by atoms with Crippen LogP contribution in [0.5, 0.6) is 0 Å². The fraction of sp³-hybridized carbons (Fsp3) is 0.917. The lowest BCUT2D eigenvalue weighted by molar-refractivity contribution is -0.124. The average molecular weight is 214 g/mol. The molecule has 0 saturated heterocycles. The molecule has 0 rings (SSSR count). The SMILES string of the molecule is CC(CCCN)C(=O)NCC(C)C(C)C. The van der Waals surface area contributed by atoms with Crippen molar-refractivity contribution in [2.75, 3.05) is 13.1 Å². The van der Waals surface area contributed by atoms with E-state index in [4.69, 9.17) is 5.73 Å². The van der Waals surface area contributed by atoms with Crippen LogP contribution in [0.4, 0.5) is 0 Å². The zero-order valence-electron chi connectivity index (χ0n) is 10.5. The van der Waals surface area contributed by atoms with Gasteiger partial charge in [-0.05, 0) is 31.2 Å². The van der Waals surface area contributed by atoms with Crippen LogP contribution in [0.1, 0.15) is 40.5 Å². The largest absolute Gasteiger partial charge is 0.356 e. The maximum atomic E-state index is 11.6. The lowest BCUT2D eigenvalue weighted by Crippen LogP contribution is -2.34. The number of amides is 1. The second-order valence-electron chi connectivity index (χ2n) is 4.80. The summed E-state index contributed by atoms with van der Waals surface area (Å²) in [4.78, 5) is 11.6. The number of hydrogen-bond acceptors (Lipinski definition) is 2. The fourth-order valence-corrected chi connectivity index (χ4v) is 1.23. The molecule has 0 aromatic heterocycles. The third kappa shape index (κ3) is 6.50. The fourth-order valence-electron chi connectivity index (χ4n) is 1.23. The second kappa shape index (κ2) is 7.69. The summed E-state index contributed by atoms with van der Waals surface area (Å²) < 4.78 is 0. The quantitative estimate of drug-likeness (QED) is 0.678. The summed E-state index contributed by atoms with van der Waals surface area (Å²) in [6.45, 7) is 9.92. The summed E-state index contributed by atoms with van der Waals surface area (Å²) in [7, 11) is 0. The Hall–Kier alpha value is -0.570. The summed E-state index contributed by atoms with van der Waals surface area (Å²) >= 11 is 0. The van der Waals surface area contributed by atoms with Crippen LogP contribution in [-0.2, 0) is 4.79 Å². The van der Waals surface area contributed by atoms with Crippen LogP contribution < -0.4 is 11.1 Å². The highest BCUT2D eigenvalue weighted by molar-refractivity contribution is 5.78. The Morgan fingerprint density at radius 1 is 1.27 bits per heavy atom. The minimum absolute atomic E-state index is 0.0907. The van der Waals surface area contributed by atoms with E-state index in [9.17, 15) is 4.79 Å². The van der Waals surface area contributed by atoms with Crippen molar-refractivity contribution in [3.05, 3.63) is 0 Å². The van der Waals surface area contributed by atoms with Crippen molar-refractivity contribution in [2.45, 2.75) is 40.5 Å². The van der Waals surface area contributed by atoms with Crippen LogP contribution in [0.15, 0.2) is 0 Å². The van der Waals surface area contributed by atoms with Crippen LogP contribution in [0.25, 0.3) is 0 Å². The molecule has 0 heterocycles. The number of carbonyl (C=O) groups is 1. The van der Waals surface area contributed by atoms with Gasteiger partial charge in [-0.2, -0.15) is 0 Å². The monoisotopic (exact) mass is 214 g/mol. The summed E-state index contributed by atoms with van der Waals surface area (Å²) in [6.07, 6.45) is 1.81. The molecular formula is C12H26N2O. The van der Waals surface area contributed by atoms with Crippen molar-refractivity contribution < 1.29 is 4.79 Å². The average Bonchev–Trinajstić information content (AvgIpc) is 2.21. The first-order valence-electron chi connectivity index (χ1n) is 5.96. The van der Waals surface area contributed by atoms with Gasteiger partial charge in [-0.1, -0.05) is 27.7 Å². The zero-order chi connectivity index (χ0) is 11.8. The smallest absolute Gasteiger partial charge is 0.222 e. The molecule has 0 aromatic carbocycles. The number of rotatable bonds is 7. The van der Waals surface area contributed by atoms with Crippen molar-refractivity contribution in [2.24, 2.45) is 23.5 Å². The van der Waals surface area contributed by atoms with Gasteiger partial charge >= 0.3 is 0 Å². The van der Waals surface area contributed by atoms with E-state index in [1.54, 1.807) is 0 Å². The van der Waals surface area contributed by atoms with Gasteiger partial charge in [-0.3, -0.25) is 4.79 Å². The first kappa shape index (κ1) is 14.4. The normalized spacial score (nSPS) is 15.1. The molecule has 0 aliphatic rings. The Labute approximate surface area is 93.8 Å². The van der Waals surface area contributed by atoms with Crippen molar-refractivity contribution in [3.63, 3.8) is 0 Å². The highest BCUT2D eigenvalue weighted by Gasteiger charge is 2.14. The molecule has 0 fully saturated rings. The molecule has 3 N–H and O–H groups in total. The van der Waals surface area contributed by atoms with Crippen molar-refractivity contribution in [3.8, 4) is 0 Å². The first-order chi connectivity index (χ1) is 6.99. The van der Waals surface area contributed by atoms with Crippen molar-refractivity contribution in [1.82, 2.24) is 5.32 Å². The number of nitrogens with one attached hydrogen (secondary N) is 1. The van der Waals surface area contributed by atoms with Crippen LogP contribution in [0.2, 0.25) is 0 Å². The van der Waals surface area contributed by atoms with E-state index in [0.29, 0.717) is 18.4 Å². The highest BCUT2D eigenvalue weighted by Crippen LogP contribution is 2.09. The van der Waals surface area contributed by atoms with Gasteiger partial charge in [0.25, 0.3) is 0 Å². The number of carbonyl (C=O) groups excluding carboxylic acids is 1. The summed E-state index contributed by atoms with van der Waals surface area (Å²) in [5.74, 6) is 1.41. The molecule has 0 aromatic rings. The topological polar surface area (TPSA) is 55.1 Å². The van der Waals surface area contributed by atoms with E-state index in [-0.39, 0.29) is 11.8 Å². The van der Waals surface area contributed by atoms with Crippen LogP contribution in [0, 0.1) is 17.8 Å². The Morgan fingerprint density at radius 2 is 1.87 bits per heavy atom. The van der Waals surface area contributed by atoms with Crippen LogP contribution in [-0.4, -0.2) is 19.0 Å². The molecule has 3 nitrogen and oxygen atoms in total. The zero-order valence-corrected chi connectivity index (χ0v) is 10.5. The minimum atomic E-state index is 0.0907. The molecule has 15 heavy (non-hydrogen) atoms. The van der Waals surface area contributed by atoms with Crippen molar-refractivity contribution in [1.29, 1.82) is 0 Å². The van der Waals surface area contributed by atoms with E-state index in [2.05, 4.69) is 26.1 Å². The predicted molar refractivity (Wildman–Crippen MR) is 64.5 cm³/mol. The van der Waals surface area contributed by atoms with Gasteiger partial charge in [0.15, 0.2) is 0 Å². The predicted octanol–water partition coefficient (Wildman–Crippen LogP) is 1.77. The van der Waals surface area contributed by atoms with Crippen LogP contribution in [0.3, 0.4) is 0 Å². The number of nitrogens with two attached hydrogens (primary N) is 1. The van der Waals surface area contributed by atoms with E-state index in [0.717, 1.165) is 19.4 Å². The molecule has 0 aliphatic carbocycles. The number of hydrogen-bond donors (Lipinski definition) is 2. The van der Waals surface area contributed by atoms with Gasteiger partial charge in [0.1, 0.15) is 0 Å². The van der Waals surface area contributed by atoms with Crippen LogP contribution >= 0.6 is 0 Å². The maximum Gasteiger partial charge on any atom is 0.222 e. The molecule has 0 aliphatic heterocycles. The maximum absolute atomic E-state index is 11.6. The molecular weight excluding hydrogens is 188 g/mol. The van der Waals surface area contributed by atoms with Crippen molar-refractivity contribution >= 4 is 5.91 Å². The lowest BCUT2D eigenvalue weighted by Gasteiger charge is -2.18. The van der Waals surface area contributed by atoms with E-state index < -0.39 is 0 Å².